The lowest BCUT2D eigenvalue weighted by Crippen LogP contribution is -2.41. The van der Waals surface area contributed by atoms with Gasteiger partial charge in [0.1, 0.15) is 0 Å². The van der Waals surface area contributed by atoms with Crippen LogP contribution in [-0.2, 0) is 9.53 Å². The monoisotopic (exact) mass is 227 g/mol. The fourth-order valence-corrected chi connectivity index (χ4v) is 3.18. The van der Waals surface area contributed by atoms with Crippen LogP contribution in [0.25, 0.3) is 0 Å². The Bertz CT molecular complexity index is 257. The summed E-state index contributed by atoms with van der Waals surface area (Å²) in [6.07, 6.45) is 5.22. The van der Waals surface area contributed by atoms with E-state index in [4.69, 9.17) is 4.74 Å². The molecule has 92 valence electrons. The predicted octanol–water partition coefficient (Wildman–Crippen LogP) is 0.785. The van der Waals surface area contributed by atoms with E-state index in [9.17, 15) is 9.90 Å². The molecule has 2 aliphatic rings. The van der Waals surface area contributed by atoms with Gasteiger partial charge in [-0.05, 0) is 32.2 Å². The molecular weight excluding hydrogens is 206 g/mol. The molecule has 1 heterocycles. The summed E-state index contributed by atoms with van der Waals surface area (Å²) in [6, 6.07) is 0.386. The lowest BCUT2D eigenvalue weighted by atomic mass is 9.94. The van der Waals surface area contributed by atoms with Gasteiger partial charge in [-0.25, -0.2) is 0 Å². The van der Waals surface area contributed by atoms with Gasteiger partial charge in [-0.3, -0.25) is 9.69 Å². The average molecular weight is 227 g/mol. The summed E-state index contributed by atoms with van der Waals surface area (Å²) < 4.78 is 4.71. The van der Waals surface area contributed by atoms with E-state index in [1.165, 1.54) is 7.11 Å². The van der Waals surface area contributed by atoms with Gasteiger partial charge < -0.3 is 9.84 Å². The highest BCUT2D eigenvalue weighted by Gasteiger charge is 2.38. The number of aliphatic hydroxyl groups is 1. The number of carbonyl (C=O) groups excluding carboxylic acids is 1. The Kier molecular flexibility index (Phi) is 3.82. The Labute approximate surface area is 96.6 Å². The summed E-state index contributed by atoms with van der Waals surface area (Å²) in [5.41, 5.74) is 0. The van der Waals surface area contributed by atoms with Gasteiger partial charge in [-0.1, -0.05) is 6.42 Å². The van der Waals surface area contributed by atoms with Crippen molar-refractivity contribution in [3.8, 4) is 0 Å². The first-order chi connectivity index (χ1) is 7.72. The molecule has 0 amide bonds. The molecule has 1 aliphatic heterocycles. The van der Waals surface area contributed by atoms with Gasteiger partial charge in [0, 0.05) is 12.0 Å². The smallest absolute Gasteiger partial charge is 0.319 e. The van der Waals surface area contributed by atoms with Gasteiger partial charge in [0.05, 0.1) is 19.8 Å². The highest BCUT2D eigenvalue weighted by atomic mass is 16.5. The van der Waals surface area contributed by atoms with Crippen molar-refractivity contribution >= 4 is 5.97 Å². The van der Waals surface area contributed by atoms with Crippen molar-refractivity contribution < 1.29 is 14.6 Å². The molecule has 1 aliphatic carbocycles. The lowest BCUT2D eigenvalue weighted by molar-refractivity contribution is -0.142. The van der Waals surface area contributed by atoms with E-state index >= 15 is 0 Å². The second kappa shape index (κ2) is 5.15. The highest BCUT2D eigenvalue weighted by Crippen LogP contribution is 2.35. The number of methoxy groups -OCH3 is 1. The zero-order valence-electron chi connectivity index (χ0n) is 9.89. The lowest BCUT2D eigenvalue weighted by Gasteiger charge is -2.30. The minimum atomic E-state index is -0.167. The third-order valence-corrected chi connectivity index (χ3v) is 4.00. The standard InChI is InChI=1S/C12H21NO3/c1-16-12(15)8-13-7-3-5-10(13)9-4-2-6-11(9)14/h9-11,14H,2-8H2,1H3. The predicted molar refractivity (Wildman–Crippen MR) is 60.0 cm³/mol. The first kappa shape index (κ1) is 11.9. The SMILES string of the molecule is COC(=O)CN1CCCC1C1CCCC1O. The Balaban J connectivity index is 1.94. The van der Waals surface area contributed by atoms with E-state index in [2.05, 4.69) is 4.90 Å². The van der Waals surface area contributed by atoms with Crippen LogP contribution >= 0.6 is 0 Å². The molecule has 0 radical (unpaired) electrons. The maximum Gasteiger partial charge on any atom is 0.319 e. The van der Waals surface area contributed by atoms with Crippen LogP contribution in [0.5, 0.6) is 0 Å². The fraction of sp³-hybridized carbons (Fsp3) is 0.917. The number of likely N-dealkylation sites (tertiary alicyclic amines) is 1. The van der Waals surface area contributed by atoms with Crippen LogP contribution in [0.2, 0.25) is 0 Å². The average Bonchev–Trinajstić information content (AvgIpc) is 2.86. The number of hydrogen-bond donors (Lipinski definition) is 1. The van der Waals surface area contributed by atoms with Crippen LogP contribution in [0.4, 0.5) is 0 Å². The third kappa shape index (κ3) is 2.38. The number of nitrogens with zero attached hydrogens (tertiary/aromatic N) is 1. The van der Waals surface area contributed by atoms with Gasteiger partial charge in [-0.2, -0.15) is 0 Å². The van der Waals surface area contributed by atoms with Crippen LogP contribution in [-0.4, -0.2) is 48.3 Å². The molecule has 3 unspecified atom stereocenters. The molecule has 4 heteroatoms. The molecule has 0 aromatic rings. The minimum absolute atomic E-state index is 0.164. The second-order valence-corrected chi connectivity index (χ2v) is 4.92. The number of esters is 1. The van der Waals surface area contributed by atoms with E-state index in [1.54, 1.807) is 0 Å². The van der Waals surface area contributed by atoms with Crippen LogP contribution < -0.4 is 0 Å². The van der Waals surface area contributed by atoms with Crippen LogP contribution in [0.3, 0.4) is 0 Å². The number of hydrogen-bond acceptors (Lipinski definition) is 4. The van der Waals surface area contributed by atoms with E-state index in [0.717, 1.165) is 38.6 Å². The maximum atomic E-state index is 11.3. The zero-order chi connectivity index (χ0) is 11.5. The summed E-state index contributed by atoms with van der Waals surface area (Å²) in [5.74, 6) is 0.201. The largest absolute Gasteiger partial charge is 0.468 e. The molecule has 3 atom stereocenters. The molecule has 2 fully saturated rings. The highest BCUT2D eigenvalue weighted by molar-refractivity contribution is 5.71. The number of aliphatic hydroxyl groups excluding tert-OH is 1. The molecule has 0 aromatic heterocycles. The van der Waals surface area contributed by atoms with Crippen molar-refractivity contribution in [1.82, 2.24) is 4.90 Å². The van der Waals surface area contributed by atoms with Gasteiger partial charge in [0.25, 0.3) is 0 Å². The zero-order valence-corrected chi connectivity index (χ0v) is 9.89. The topological polar surface area (TPSA) is 49.8 Å². The summed E-state index contributed by atoms with van der Waals surface area (Å²) in [7, 11) is 1.43. The molecule has 0 spiro atoms. The van der Waals surface area contributed by atoms with Crippen LogP contribution in [0, 0.1) is 5.92 Å². The Morgan fingerprint density at radius 1 is 1.38 bits per heavy atom. The van der Waals surface area contributed by atoms with E-state index in [1.807, 2.05) is 0 Å². The third-order valence-electron chi connectivity index (χ3n) is 4.00. The molecule has 4 nitrogen and oxygen atoms in total. The number of carbonyl (C=O) groups is 1. The summed E-state index contributed by atoms with van der Waals surface area (Å²) in [6.45, 7) is 1.34. The summed E-state index contributed by atoms with van der Waals surface area (Å²) >= 11 is 0. The van der Waals surface area contributed by atoms with E-state index in [-0.39, 0.29) is 12.1 Å². The van der Waals surface area contributed by atoms with Crippen molar-refractivity contribution in [2.75, 3.05) is 20.2 Å². The van der Waals surface area contributed by atoms with Gasteiger partial charge in [-0.15, -0.1) is 0 Å². The quantitative estimate of drug-likeness (QED) is 0.724. The minimum Gasteiger partial charge on any atom is -0.468 e. The number of ether oxygens (including phenoxy) is 1. The van der Waals surface area contributed by atoms with Crippen molar-refractivity contribution in [2.45, 2.75) is 44.2 Å². The van der Waals surface area contributed by atoms with Crippen molar-refractivity contribution in [3.05, 3.63) is 0 Å². The molecular formula is C12H21NO3. The molecule has 2 rings (SSSR count). The van der Waals surface area contributed by atoms with Crippen molar-refractivity contribution in [3.63, 3.8) is 0 Å². The maximum absolute atomic E-state index is 11.3. The normalized spacial score (nSPS) is 35.5. The molecule has 16 heavy (non-hydrogen) atoms. The summed E-state index contributed by atoms with van der Waals surface area (Å²) in [4.78, 5) is 13.5. The van der Waals surface area contributed by atoms with Crippen molar-refractivity contribution in [1.29, 1.82) is 0 Å². The molecule has 1 N–H and O–H groups in total. The van der Waals surface area contributed by atoms with Gasteiger partial charge in [0.15, 0.2) is 0 Å². The Hall–Kier alpha value is -0.610. The Morgan fingerprint density at radius 3 is 2.81 bits per heavy atom. The van der Waals surface area contributed by atoms with Gasteiger partial charge in [0.2, 0.25) is 0 Å². The fourth-order valence-electron chi connectivity index (χ4n) is 3.18. The van der Waals surface area contributed by atoms with Crippen molar-refractivity contribution in [2.24, 2.45) is 5.92 Å². The summed E-state index contributed by atoms with van der Waals surface area (Å²) in [5, 5.41) is 9.92. The van der Waals surface area contributed by atoms with E-state index in [0.29, 0.717) is 18.5 Å². The molecule has 0 bridgehead atoms. The van der Waals surface area contributed by atoms with Gasteiger partial charge >= 0.3 is 5.97 Å². The second-order valence-electron chi connectivity index (χ2n) is 4.92. The Morgan fingerprint density at radius 2 is 2.19 bits per heavy atom. The molecule has 0 aromatic carbocycles. The first-order valence-electron chi connectivity index (χ1n) is 6.21. The van der Waals surface area contributed by atoms with Crippen LogP contribution in [0.1, 0.15) is 32.1 Å². The first-order valence-corrected chi connectivity index (χ1v) is 6.21. The molecule has 1 saturated heterocycles. The molecule has 1 saturated carbocycles. The van der Waals surface area contributed by atoms with Crippen LogP contribution in [0.15, 0.2) is 0 Å². The van der Waals surface area contributed by atoms with E-state index < -0.39 is 0 Å². The number of rotatable bonds is 3.